The van der Waals surface area contributed by atoms with E-state index in [1.165, 1.54) is 31.2 Å². The van der Waals surface area contributed by atoms with Crippen molar-refractivity contribution >= 4 is 34.6 Å². The molecule has 0 spiro atoms. The summed E-state index contributed by atoms with van der Waals surface area (Å²) >= 11 is 1.09. The van der Waals surface area contributed by atoms with Gasteiger partial charge in [-0.2, -0.15) is 0 Å². The first-order valence-corrected chi connectivity index (χ1v) is 8.49. The lowest BCUT2D eigenvalue weighted by Crippen LogP contribution is -2.25. The number of ketones is 1. The molecule has 0 radical (unpaired) electrons. The van der Waals surface area contributed by atoms with Gasteiger partial charge in [0.15, 0.2) is 11.7 Å². The van der Waals surface area contributed by atoms with Crippen LogP contribution in [0.5, 0.6) is 0 Å². The number of para-hydroxylation sites is 2. The summed E-state index contributed by atoms with van der Waals surface area (Å²) in [5, 5.41) is 0.357. The van der Waals surface area contributed by atoms with E-state index in [1.807, 2.05) is 18.2 Å². The van der Waals surface area contributed by atoms with Crippen molar-refractivity contribution in [3.8, 4) is 0 Å². The van der Waals surface area contributed by atoms with Crippen molar-refractivity contribution in [3.63, 3.8) is 0 Å². The van der Waals surface area contributed by atoms with E-state index in [2.05, 4.69) is 4.98 Å². The van der Waals surface area contributed by atoms with Crippen LogP contribution in [0, 0.1) is 5.82 Å². The molecule has 25 heavy (non-hydrogen) atoms. The van der Waals surface area contributed by atoms with E-state index in [1.54, 1.807) is 6.07 Å². The maximum atomic E-state index is 12.9. The van der Waals surface area contributed by atoms with E-state index in [9.17, 15) is 14.0 Å². The maximum Gasteiger partial charge on any atom is 0.317 e. The Labute approximate surface area is 147 Å². The lowest BCUT2D eigenvalue weighted by atomic mass is 10.1. The fourth-order valence-electron chi connectivity index (χ4n) is 2.17. The van der Waals surface area contributed by atoms with E-state index in [4.69, 9.17) is 9.15 Å². The second-order valence-electron chi connectivity index (χ2n) is 5.24. The largest absolute Gasteiger partial charge is 0.454 e. The van der Waals surface area contributed by atoms with Gasteiger partial charge in [0.05, 0.1) is 0 Å². The molecule has 1 atom stereocenters. The molecule has 1 aromatic heterocycles. The molecule has 0 N–H and O–H groups in total. The number of ether oxygens (including phenoxy) is 1. The monoisotopic (exact) mass is 359 g/mol. The molecule has 5 nitrogen and oxygen atoms in total. The predicted molar refractivity (Wildman–Crippen MR) is 91.0 cm³/mol. The van der Waals surface area contributed by atoms with Gasteiger partial charge in [0, 0.05) is 5.56 Å². The highest BCUT2D eigenvalue weighted by Crippen LogP contribution is 2.23. The van der Waals surface area contributed by atoms with Crippen molar-refractivity contribution in [1.82, 2.24) is 4.98 Å². The summed E-state index contributed by atoms with van der Waals surface area (Å²) < 4.78 is 23.5. The average Bonchev–Trinajstić information content (AvgIpc) is 3.03. The summed E-state index contributed by atoms with van der Waals surface area (Å²) in [6, 6.07) is 12.4. The quantitative estimate of drug-likeness (QED) is 0.378. The number of fused-ring (bicyclic) bond motifs is 1. The summed E-state index contributed by atoms with van der Waals surface area (Å²) in [5.74, 6) is -1.42. The fraction of sp³-hybridized carbons (Fsp3) is 0.167. The van der Waals surface area contributed by atoms with E-state index in [0.29, 0.717) is 16.3 Å². The summed E-state index contributed by atoms with van der Waals surface area (Å²) in [4.78, 5) is 28.3. The van der Waals surface area contributed by atoms with Crippen molar-refractivity contribution < 1.29 is 23.1 Å². The highest BCUT2D eigenvalue weighted by Gasteiger charge is 2.20. The number of benzene rings is 2. The number of rotatable bonds is 6. The molecule has 0 aliphatic heterocycles. The maximum absolute atomic E-state index is 12.9. The topological polar surface area (TPSA) is 69.4 Å². The Hall–Kier alpha value is -2.67. The number of aromatic nitrogens is 1. The zero-order chi connectivity index (χ0) is 17.8. The van der Waals surface area contributed by atoms with Crippen LogP contribution in [0.2, 0.25) is 0 Å². The third-order valence-electron chi connectivity index (χ3n) is 3.39. The van der Waals surface area contributed by atoms with Gasteiger partial charge in [-0.1, -0.05) is 23.9 Å². The van der Waals surface area contributed by atoms with Crippen molar-refractivity contribution in [2.75, 3.05) is 5.75 Å². The molecule has 128 valence electrons. The number of carbonyl (C=O) groups is 2. The molecule has 0 saturated heterocycles. The van der Waals surface area contributed by atoms with Gasteiger partial charge in [-0.15, -0.1) is 0 Å². The molecule has 0 saturated carbocycles. The van der Waals surface area contributed by atoms with Crippen LogP contribution in [-0.2, 0) is 9.53 Å². The molecule has 0 bridgehead atoms. The number of halogens is 1. The second-order valence-corrected chi connectivity index (χ2v) is 6.17. The smallest absolute Gasteiger partial charge is 0.317 e. The number of thioether (sulfide) groups is 1. The van der Waals surface area contributed by atoms with Crippen LogP contribution in [0.15, 0.2) is 58.2 Å². The Morgan fingerprint density at radius 2 is 1.92 bits per heavy atom. The first-order chi connectivity index (χ1) is 12.0. The summed E-state index contributed by atoms with van der Waals surface area (Å²) in [5.41, 5.74) is 1.63. The van der Waals surface area contributed by atoms with Crippen LogP contribution < -0.4 is 0 Å². The first-order valence-electron chi connectivity index (χ1n) is 7.50. The average molecular weight is 359 g/mol. The first kappa shape index (κ1) is 17.2. The number of nitrogens with zero attached hydrogens (tertiary/aromatic N) is 1. The van der Waals surface area contributed by atoms with Gasteiger partial charge in [0.2, 0.25) is 5.78 Å². The molecule has 0 fully saturated rings. The number of hydrogen-bond donors (Lipinski definition) is 0. The molecule has 7 heteroatoms. The highest BCUT2D eigenvalue weighted by molar-refractivity contribution is 7.99. The van der Waals surface area contributed by atoms with E-state index < -0.39 is 17.9 Å². The van der Waals surface area contributed by atoms with Gasteiger partial charge in [-0.25, -0.2) is 9.37 Å². The fourth-order valence-corrected chi connectivity index (χ4v) is 2.79. The van der Waals surface area contributed by atoms with Crippen LogP contribution in [0.4, 0.5) is 4.39 Å². The molecule has 3 aromatic rings. The lowest BCUT2D eigenvalue weighted by molar-refractivity contribution is -0.143. The second kappa shape index (κ2) is 7.48. The minimum absolute atomic E-state index is 0.0339. The van der Waals surface area contributed by atoms with Gasteiger partial charge in [0.25, 0.3) is 5.22 Å². The summed E-state index contributed by atoms with van der Waals surface area (Å²) in [6.07, 6.45) is -0.956. The van der Waals surface area contributed by atoms with Crippen LogP contribution in [0.3, 0.4) is 0 Å². The summed E-state index contributed by atoms with van der Waals surface area (Å²) in [7, 11) is 0. The molecular weight excluding hydrogens is 345 g/mol. The molecular formula is C18H14FNO4S. The van der Waals surface area contributed by atoms with E-state index >= 15 is 0 Å². The minimum atomic E-state index is -0.956. The van der Waals surface area contributed by atoms with Gasteiger partial charge < -0.3 is 9.15 Å². The van der Waals surface area contributed by atoms with Crippen molar-refractivity contribution in [2.24, 2.45) is 0 Å². The molecule has 0 aliphatic carbocycles. The zero-order valence-corrected chi connectivity index (χ0v) is 14.1. The molecule has 0 aliphatic rings. The zero-order valence-electron chi connectivity index (χ0n) is 13.3. The number of hydrogen-bond acceptors (Lipinski definition) is 6. The van der Waals surface area contributed by atoms with Gasteiger partial charge >= 0.3 is 5.97 Å². The van der Waals surface area contributed by atoms with Crippen molar-refractivity contribution in [1.29, 1.82) is 0 Å². The number of oxazole rings is 1. The Balaban J connectivity index is 1.54. The Kier molecular flexibility index (Phi) is 5.14. The Morgan fingerprint density at radius 1 is 1.20 bits per heavy atom. The van der Waals surface area contributed by atoms with Crippen molar-refractivity contribution in [2.45, 2.75) is 18.3 Å². The third kappa shape index (κ3) is 4.24. The number of carbonyl (C=O) groups excluding carboxylic acids is 2. The SMILES string of the molecule is C[C@@H](OC(=O)CSc1nc2ccccc2o1)C(=O)c1ccc(F)cc1. The Morgan fingerprint density at radius 3 is 2.64 bits per heavy atom. The van der Waals surface area contributed by atoms with Gasteiger partial charge in [0.1, 0.15) is 17.1 Å². The molecule has 2 aromatic carbocycles. The standard InChI is InChI=1S/C18H14FNO4S/c1-11(17(22)12-6-8-13(19)9-7-12)23-16(21)10-25-18-20-14-4-2-3-5-15(14)24-18/h2-9,11H,10H2,1H3/t11-/m1/s1. The van der Waals surface area contributed by atoms with Crippen LogP contribution >= 0.6 is 11.8 Å². The molecule has 0 unspecified atom stereocenters. The normalized spacial score (nSPS) is 12.1. The third-order valence-corrected chi connectivity index (χ3v) is 4.20. The van der Waals surface area contributed by atoms with Gasteiger partial charge in [-0.3, -0.25) is 9.59 Å². The number of Topliss-reactive ketones (excluding diaryl/α,β-unsaturated/α-hetero) is 1. The van der Waals surface area contributed by atoms with E-state index in [0.717, 1.165) is 11.8 Å². The van der Waals surface area contributed by atoms with E-state index in [-0.39, 0.29) is 17.1 Å². The molecule has 0 amide bonds. The molecule has 1 heterocycles. The highest BCUT2D eigenvalue weighted by atomic mass is 32.2. The predicted octanol–water partition coefficient (Wildman–Crippen LogP) is 3.87. The minimum Gasteiger partial charge on any atom is -0.454 e. The summed E-state index contributed by atoms with van der Waals surface area (Å²) in [6.45, 7) is 1.48. The van der Waals surface area contributed by atoms with Crippen LogP contribution in [0.1, 0.15) is 17.3 Å². The number of esters is 1. The lowest BCUT2D eigenvalue weighted by Gasteiger charge is -2.11. The van der Waals surface area contributed by atoms with Crippen molar-refractivity contribution in [3.05, 3.63) is 59.9 Å². The van der Waals surface area contributed by atoms with Crippen LogP contribution in [0.25, 0.3) is 11.1 Å². The molecule has 3 rings (SSSR count). The Bertz CT molecular complexity index is 874. The van der Waals surface area contributed by atoms with Gasteiger partial charge in [-0.05, 0) is 43.3 Å². The van der Waals surface area contributed by atoms with Crippen LogP contribution in [-0.4, -0.2) is 28.6 Å².